The number of amides is 2. The maximum Gasteiger partial charge on any atom is 0.322 e. The largest absolute Gasteiger partial charge is 0.328 e. The predicted octanol–water partition coefficient (Wildman–Crippen LogP) is 2.15. The topological polar surface area (TPSA) is 82.2 Å². The Balaban J connectivity index is 2.01. The van der Waals surface area contributed by atoms with E-state index < -0.39 is 0 Å². The molecule has 0 spiro atoms. The summed E-state index contributed by atoms with van der Waals surface area (Å²) in [6.07, 6.45) is 1.97. The second kappa shape index (κ2) is 6.40. The van der Waals surface area contributed by atoms with Crippen LogP contribution >= 0.6 is 0 Å². The predicted molar refractivity (Wildman–Crippen MR) is 78.1 cm³/mol. The number of nitrogens with two attached hydrogens (primary N) is 1. The molecule has 0 saturated carbocycles. The van der Waals surface area contributed by atoms with E-state index in [-0.39, 0.29) is 12.1 Å². The van der Waals surface area contributed by atoms with Crippen molar-refractivity contribution in [2.24, 2.45) is 11.7 Å². The number of likely N-dealkylation sites (tertiary alicyclic amines) is 1. The molecule has 0 aromatic heterocycles. The minimum Gasteiger partial charge on any atom is -0.328 e. The van der Waals surface area contributed by atoms with Gasteiger partial charge in [-0.05, 0) is 43.0 Å². The lowest BCUT2D eigenvalue weighted by Gasteiger charge is -2.37. The van der Waals surface area contributed by atoms with Gasteiger partial charge in [-0.25, -0.2) is 4.79 Å². The van der Waals surface area contributed by atoms with E-state index >= 15 is 0 Å². The van der Waals surface area contributed by atoms with Crippen molar-refractivity contribution in [3.63, 3.8) is 0 Å². The van der Waals surface area contributed by atoms with Crippen molar-refractivity contribution in [2.45, 2.75) is 25.8 Å². The van der Waals surface area contributed by atoms with Crippen LogP contribution in [-0.2, 0) is 0 Å². The molecule has 1 aromatic carbocycles. The van der Waals surface area contributed by atoms with Crippen molar-refractivity contribution in [3.8, 4) is 6.07 Å². The normalized spacial score (nSPS) is 22.1. The van der Waals surface area contributed by atoms with Crippen LogP contribution in [0.15, 0.2) is 24.3 Å². The summed E-state index contributed by atoms with van der Waals surface area (Å²) in [4.78, 5) is 14.1. The zero-order chi connectivity index (χ0) is 14.5. The number of nitriles is 1. The molecule has 2 rings (SSSR count). The Morgan fingerprint density at radius 3 is 2.80 bits per heavy atom. The molecule has 0 bridgehead atoms. The van der Waals surface area contributed by atoms with Crippen LogP contribution in [0, 0.1) is 17.2 Å². The summed E-state index contributed by atoms with van der Waals surface area (Å²) in [7, 11) is 0. The maximum absolute atomic E-state index is 12.3. The summed E-state index contributed by atoms with van der Waals surface area (Å²) in [6.45, 7) is 3.43. The third-order valence-corrected chi connectivity index (χ3v) is 3.78. The van der Waals surface area contributed by atoms with Crippen LogP contribution in [0.4, 0.5) is 10.5 Å². The zero-order valence-electron chi connectivity index (χ0n) is 11.7. The van der Waals surface area contributed by atoms with E-state index in [2.05, 4.69) is 18.3 Å². The Labute approximate surface area is 119 Å². The Morgan fingerprint density at radius 2 is 2.20 bits per heavy atom. The van der Waals surface area contributed by atoms with Gasteiger partial charge in [0.25, 0.3) is 0 Å². The maximum atomic E-state index is 12.3. The molecule has 2 atom stereocenters. The van der Waals surface area contributed by atoms with E-state index in [9.17, 15) is 4.79 Å². The Bertz CT molecular complexity index is 506. The molecule has 1 aliphatic rings. The molecule has 1 fully saturated rings. The Hall–Kier alpha value is -2.06. The fourth-order valence-corrected chi connectivity index (χ4v) is 2.57. The highest BCUT2D eigenvalue weighted by Gasteiger charge is 2.28. The number of nitrogens with one attached hydrogen (secondary N) is 1. The monoisotopic (exact) mass is 272 g/mol. The standard InChI is InChI=1S/C15H20N4O/c1-11-6-7-19(14(8-11)10-17)15(20)18-13-4-2-12(9-16)3-5-13/h2-5,11,14H,6-8,10,17H2,1H3,(H,18,20). The van der Waals surface area contributed by atoms with Crippen molar-refractivity contribution in [2.75, 3.05) is 18.4 Å². The highest BCUT2D eigenvalue weighted by Crippen LogP contribution is 2.22. The molecule has 0 radical (unpaired) electrons. The number of hydrogen-bond acceptors (Lipinski definition) is 3. The number of carbonyl (C=O) groups is 1. The molecule has 2 amide bonds. The minimum atomic E-state index is -0.114. The lowest BCUT2D eigenvalue weighted by atomic mass is 9.93. The second-order valence-corrected chi connectivity index (χ2v) is 5.33. The third kappa shape index (κ3) is 3.28. The van der Waals surface area contributed by atoms with Gasteiger partial charge in [-0.3, -0.25) is 0 Å². The van der Waals surface area contributed by atoms with Gasteiger partial charge >= 0.3 is 6.03 Å². The lowest BCUT2D eigenvalue weighted by Crippen LogP contribution is -2.50. The van der Waals surface area contributed by atoms with Crippen LogP contribution in [0.25, 0.3) is 0 Å². The van der Waals surface area contributed by atoms with E-state index in [1.165, 1.54) is 0 Å². The number of benzene rings is 1. The highest BCUT2D eigenvalue weighted by molar-refractivity contribution is 5.89. The van der Waals surface area contributed by atoms with Gasteiger partial charge in [-0.1, -0.05) is 6.92 Å². The van der Waals surface area contributed by atoms with E-state index in [0.717, 1.165) is 19.4 Å². The average molecular weight is 272 g/mol. The van der Waals surface area contributed by atoms with Gasteiger partial charge in [0.15, 0.2) is 0 Å². The summed E-state index contributed by atoms with van der Waals surface area (Å²) in [5.74, 6) is 0.613. The van der Waals surface area contributed by atoms with Crippen molar-refractivity contribution in [1.29, 1.82) is 5.26 Å². The first-order chi connectivity index (χ1) is 9.63. The van der Waals surface area contributed by atoms with Crippen molar-refractivity contribution < 1.29 is 4.79 Å². The van der Waals surface area contributed by atoms with Gasteiger partial charge in [0.2, 0.25) is 0 Å². The van der Waals surface area contributed by atoms with E-state index in [4.69, 9.17) is 11.0 Å². The summed E-state index contributed by atoms with van der Waals surface area (Å²) < 4.78 is 0. The number of urea groups is 1. The van der Waals surface area contributed by atoms with Crippen LogP contribution in [0.1, 0.15) is 25.3 Å². The summed E-state index contributed by atoms with van der Waals surface area (Å²) >= 11 is 0. The first-order valence-corrected chi connectivity index (χ1v) is 6.92. The molecular formula is C15H20N4O. The van der Waals surface area contributed by atoms with Gasteiger partial charge < -0.3 is 16.0 Å². The SMILES string of the molecule is CC1CCN(C(=O)Nc2ccc(C#N)cc2)C(CN)C1. The molecule has 1 aromatic rings. The molecule has 0 aliphatic carbocycles. The fourth-order valence-electron chi connectivity index (χ4n) is 2.57. The molecule has 3 N–H and O–H groups in total. The smallest absolute Gasteiger partial charge is 0.322 e. The minimum absolute atomic E-state index is 0.108. The average Bonchev–Trinajstić information content (AvgIpc) is 2.47. The number of nitrogens with zero attached hydrogens (tertiary/aromatic N) is 2. The molecule has 20 heavy (non-hydrogen) atoms. The van der Waals surface area contributed by atoms with Crippen molar-refractivity contribution in [1.82, 2.24) is 4.90 Å². The molecule has 1 heterocycles. The fraction of sp³-hybridized carbons (Fsp3) is 0.467. The van der Waals surface area contributed by atoms with Crippen LogP contribution in [-0.4, -0.2) is 30.1 Å². The molecule has 106 valence electrons. The molecular weight excluding hydrogens is 252 g/mol. The number of anilines is 1. The third-order valence-electron chi connectivity index (χ3n) is 3.78. The lowest BCUT2D eigenvalue weighted by molar-refractivity contribution is 0.145. The molecule has 5 heteroatoms. The van der Waals surface area contributed by atoms with E-state index in [0.29, 0.717) is 23.7 Å². The summed E-state index contributed by atoms with van der Waals surface area (Å²) in [6, 6.07) is 8.90. The second-order valence-electron chi connectivity index (χ2n) is 5.33. The van der Waals surface area contributed by atoms with E-state index in [1.807, 2.05) is 4.90 Å². The van der Waals surface area contributed by atoms with Crippen LogP contribution in [0.3, 0.4) is 0 Å². The summed E-state index contributed by atoms with van der Waals surface area (Å²) in [5, 5.41) is 11.6. The first-order valence-electron chi connectivity index (χ1n) is 6.92. The van der Waals surface area contributed by atoms with Gasteiger partial charge in [0.1, 0.15) is 0 Å². The number of hydrogen-bond donors (Lipinski definition) is 2. The van der Waals surface area contributed by atoms with Crippen molar-refractivity contribution in [3.05, 3.63) is 29.8 Å². The molecule has 2 unspecified atom stereocenters. The van der Waals surface area contributed by atoms with Gasteiger partial charge in [-0.2, -0.15) is 5.26 Å². The number of rotatable bonds is 2. The van der Waals surface area contributed by atoms with Crippen LogP contribution in [0.5, 0.6) is 0 Å². The van der Waals surface area contributed by atoms with Crippen LogP contribution < -0.4 is 11.1 Å². The van der Waals surface area contributed by atoms with Crippen molar-refractivity contribution >= 4 is 11.7 Å². The quantitative estimate of drug-likeness (QED) is 0.865. The molecule has 5 nitrogen and oxygen atoms in total. The number of piperidine rings is 1. The number of carbonyl (C=O) groups excluding carboxylic acids is 1. The Morgan fingerprint density at radius 1 is 1.50 bits per heavy atom. The van der Waals surface area contributed by atoms with Crippen LogP contribution in [0.2, 0.25) is 0 Å². The molecule has 1 saturated heterocycles. The molecule has 1 aliphatic heterocycles. The van der Waals surface area contributed by atoms with Gasteiger partial charge in [0, 0.05) is 24.8 Å². The first kappa shape index (κ1) is 14.4. The Kier molecular flexibility index (Phi) is 4.59. The zero-order valence-corrected chi connectivity index (χ0v) is 11.7. The highest BCUT2D eigenvalue weighted by atomic mass is 16.2. The van der Waals surface area contributed by atoms with Gasteiger partial charge in [0.05, 0.1) is 11.6 Å². The van der Waals surface area contributed by atoms with Gasteiger partial charge in [-0.15, -0.1) is 0 Å². The van der Waals surface area contributed by atoms with E-state index in [1.54, 1.807) is 24.3 Å². The summed E-state index contributed by atoms with van der Waals surface area (Å²) in [5.41, 5.74) is 7.04.